The molecular formula is C12H24O3Si. The molecule has 0 aliphatic carbocycles. The molecule has 1 aliphatic rings. The van der Waals surface area contributed by atoms with E-state index in [9.17, 15) is 4.79 Å². The van der Waals surface area contributed by atoms with E-state index in [0.717, 1.165) is 0 Å². The lowest BCUT2D eigenvalue weighted by Gasteiger charge is -2.38. The quantitative estimate of drug-likeness (QED) is 0.711. The summed E-state index contributed by atoms with van der Waals surface area (Å²) < 4.78 is 11.7. The van der Waals surface area contributed by atoms with Crippen molar-refractivity contribution in [1.82, 2.24) is 0 Å². The van der Waals surface area contributed by atoms with Crippen LogP contribution in [0.4, 0.5) is 0 Å². The van der Waals surface area contributed by atoms with E-state index in [1.54, 1.807) is 0 Å². The summed E-state index contributed by atoms with van der Waals surface area (Å²) in [5.41, 5.74) is -0.324. The molecule has 1 fully saturated rings. The highest BCUT2D eigenvalue weighted by molar-refractivity contribution is 6.31. The van der Waals surface area contributed by atoms with E-state index in [0.29, 0.717) is 25.2 Å². The van der Waals surface area contributed by atoms with Gasteiger partial charge in [0, 0.05) is 12.8 Å². The van der Waals surface area contributed by atoms with Crippen LogP contribution in [-0.4, -0.2) is 33.9 Å². The highest BCUT2D eigenvalue weighted by Crippen LogP contribution is 2.28. The monoisotopic (exact) mass is 244 g/mol. The topological polar surface area (TPSA) is 35.5 Å². The predicted molar refractivity (Wildman–Crippen MR) is 67.4 cm³/mol. The summed E-state index contributed by atoms with van der Waals surface area (Å²) in [6.07, 6.45) is 0.998. The summed E-state index contributed by atoms with van der Waals surface area (Å²) in [6, 6.07) is 0. The van der Waals surface area contributed by atoms with Crippen molar-refractivity contribution in [2.75, 3.05) is 6.61 Å². The zero-order valence-electron chi connectivity index (χ0n) is 11.1. The van der Waals surface area contributed by atoms with Gasteiger partial charge >= 0.3 is 0 Å². The maximum atomic E-state index is 11.4. The Morgan fingerprint density at radius 2 is 1.94 bits per heavy atom. The standard InChI is InChI=1S/C12H24O3Si/c1-11(2,3)16-15-12(4,5)10-8-9(13)6-7-14-10/h10H,6-8,16H2,1-5H3. The maximum absolute atomic E-state index is 11.4. The smallest absolute Gasteiger partial charge is 0.167 e. The Balaban J connectivity index is 2.52. The average molecular weight is 244 g/mol. The molecule has 0 saturated carbocycles. The van der Waals surface area contributed by atoms with E-state index in [1.807, 2.05) is 13.8 Å². The number of ether oxygens (including phenoxy) is 1. The normalized spacial score (nSPS) is 24.3. The Labute approximate surface area is 101 Å². The van der Waals surface area contributed by atoms with Crippen LogP contribution in [0.2, 0.25) is 5.04 Å². The van der Waals surface area contributed by atoms with Gasteiger partial charge < -0.3 is 9.16 Å². The van der Waals surface area contributed by atoms with Crippen LogP contribution in [0.1, 0.15) is 47.5 Å². The maximum Gasteiger partial charge on any atom is 0.167 e. The van der Waals surface area contributed by atoms with Crippen LogP contribution in [-0.2, 0) is 14.0 Å². The second kappa shape index (κ2) is 4.98. The molecule has 1 aliphatic heterocycles. The summed E-state index contributed by atoms with van der Waals surface area (Å²) in [4.78, 5) is 11.4. The Morgan fingerprint density at radius 3 is 2.44 bits per heavy atom. The number of ketones is 1. The van der Waals surface area contributed by atoms with Crippen LogP contribution < -0.4 is 0 Å². The molecule has 1 unspecified atom stereocenters. The van der Waals surface area contributed by atoms with Gasteiger partial charge in [-0.25, -0.2) is 0 Å². The van der Waals surface area contributed by atoms with E-state index < -0.39 is 9.76 Å². The second-order valence-electron chi connectivity index (χ2n) is 6.31. The molecule has 1 heterocycles. The second-order valence-corrected chi connectivity index (χ2v) is 9.00. The first-order valence-electron chi connectivity index (χ1n) is 5.98. The molecule has 0 amide bonds. The first-order valence-corrected chi connectivity index (χ1v) is 7.26. The molecule has 0 aromatic rings. The third-order valence-electron chi connectivity index (χ3n) is 2.77. The molecule has 4 heteroatoms. The number of hydrogen-bond donors (Lipinski definition) is 0. The van der Waals surface area contributed by atoms with Crippen molar-refractivity contribution in [1.29, 1.82) is 0 Å². The van der Waals surface area contributed by atoms with E-state index in [-0.39, 0.29) is 16.7 Å². The van der Waals surface area contributed by atoms with E-state index in [4.69, 9.17) is 9.16 Å². The van der Waals surface area contributed by atoms with Crippen LogP contribution in [0.5, 0.6) is 0 Å². The summed E-state index contributed by atoms with van der Waals surface area (Å²) in [7, 11) is -0.608. The molecule has 16 heavy (non-hydrogen) atoms. The van der Waals surface area contributed by atoms with Gasteiger partial charge in [0.15, 0.2) is 9.76 Å². The van der Waals surface area contributed by atoms with Crippen molar-refractivity contribution >= 4 is 15.5 Å². The minimum atomic E-state index is -0.608. The van der Waals surface area contributed by atoms with Crippen LogP contribution >= 0.6 is 0 Å². The number of carbonyl (C=O) groups excluding carboxylic acids is 1. The van der Waals surface area contributed by atoms with Gasteiger partial charge in [0.2, 0.25) is 0 Å². The molecule has 1 rings (SSSR count). The summed E-state index contributed by atoms with van der Waals surface area (Å²) >= 11 is 0. The molecule has 0 N–H and O–H groups in total. The van der Waals surface area contributed by atoms with Crippen LogP contribution in [0.25, 0.3) is 0 Å². The summed E-state index contributed by atoms with van der Waals surface area (Å²) in [5.74, 6) is 0.297. The Kier molecular flexibility index (Phi) is 4.32. The summed E-state index contributed by atoms with van der Waals surface area (Å²) in [6.45, 7) is 11.2. The molecule has 0 aromatic heterocycles. The van der Waals surface area contributed by atoms with Gasteiger partial charge in [-0.15, -0.1) is 0 Å². The minimum Gasteiger partial charge on any atom is -0.416 e. The van der Waals surface area contributed by atoms with Crippen LogP contribution in [0.3, 0.4) is 0 Å². The van der Waals surface area contributed by atoms with E-state index in [2.05, 4.69) is 20.8 Å². The minimum absolute atomic E-state index is 0.0661. The molecule has 1 atom stereocenters. The third-order valence-corrected chi connectivity index (χ3v) is 4.52. The van der Waals surface area contributed by atoms with Crippen molar-refractivity contribution in [3.05, 3.63) is 0 Å². The molecule has 0 bridgehead atoms. The fourth-order valence-electron chi connectivity index (χ4n) is 1.62. The summed E-state index contributed by atoms with van der Waals surface area (Å²) in [5, 5.41) is 0.274. The van der Waals surface area contributed by atoms with Gasteiger partial charge in [0.05, 0.1) is 18.3 Å². The molecule has 1 saturated heterocycles. The molecule has 0 aromatic carbocycles. The Hall–Kier alpha value is -0.193. The van der Waals surface area contributed by atoms with Gasteiger partial charge in [0.1, 0.15) is 5.78 Å². The van der Waals surface area contributed by atoms with Gasteiger partial charge in [-0.3, -0.25) is 4.79 Å². The molecule has 94 valence electrons. The van der Waals surface area contributed by atoms with E-state index in [1.165, 1.54) is 0 Å². The molecule has 3 nitrogen and oxygen atoms in total. The van der Waals surface area contributed by atoms with Gasteiger partial charge in [-0.05, 0) is 18.9 Å². The van der Waals surface area contributed by atoms with Crippen molar-refractivity contribution < 1.29 is 14.0 Å². The fourth-order valence-corrected chi connectivity index (χ4v) is 2.62. The number of hydrogen-bond acceptors (Lipinski definition) is 3. The number of carbonyl (C=O) groups is 1. The fraction of sp³-hybridized carbons (Fsp3) is 0.917. The van der Waals surface area contributed by atoms with Crippen molar-refractivity contribution in [3.63, 3.8) is 0 Å². The lowest BCUT2D eigenvalue weighted by atomic mass is 9.94. The Morgan fingerprint density at radius 1 is 1.31 bits per heavy atom. The third kappa shape index (κ3) is 4.35. The highest BCUT2D eigenvalue weighted by Gasteiger charge is 2.35. The van der Waals surface area contributed by atoms with Crippen LogP contribution in [0.15, 0.2) is 0 Å². The van der Waals surface area contributed by atoms with Crippen molar-refractivity contribution in [2.24, 2.45) is 0 Å². The molecular weight excluding hydrogens is 220 g/mol. The Bertz CT molecular complexity index is 255. The first-order chi connectivity index (χ1) is 7.21. The lowest BCUT2D eigenvalue weighted by Crippen LogP contribution is -2.46. The van der Waals surface area contributed by atoms with Gasteiger partial charge in [-0.1, -0.05) is 20.8 Å². The SMILES string of the molecule is CC(C)(C)[SiH2]OC(C)(C)C1CC(=O)CCO1. The van der Waals surface area contributed by atoms with E-state index >= 15 is 0 Å². The van der Waals surface area contributed by atoms with Crippen molar-refractivity contribution in [2.45, 2.75) is 64.2 Å². The zero-order valence-corrected chi connectivity index (χ0v) is 12.5. The predicted octanol–water partition coefficient (Wildman–Crippen LogP) is 1.83. The van der Waals surface area contributed by atoms with Gasteiger partial charge in [0.25, 0.3) is 0 Å². The molecule has 0 radical (unpaired) electrons. The number of rotatable bonds is 3. The first kappa shape index (κ1) is 13.9. The number of Topliss-reactive ketones (excluding diaryl/α,β-unsaturated/α-hetero) is 1. The lowest BCUT2D eigenvalue weighted by molar-refractivity contribution is -0.140. The van der Waals surface area contributed by atoms with Crippen molar-refractivity contribution in [3.8, 4) is 0 Å². The molecule has 0 spiro atoms. The zero-order chi connectivity index (χ0) is 12.4. The average Bonchev–Trinajstić information content (AvgIpc) is 2.14. The largest absolute Gasteiger partial charge is 0.416 e. The van der Waals surface area contributed by atoms with Gasteiger partial charge in [-0.2, -0.15) is 0 Å². The highest BCUT2D eigenvalue weighted by atomic mass is 28.2. The van der Waals surface area contributed by atoms with Crippen LogP contribution in [0, 0.1) is 0 Å².